The van der Waals surface area contributed by atoms with Crippen LogP contribution in [0.3, 0.4) is 0 Å². The van der Waals surface area contributed by atoms with Crippen LogP contribution in [-0.2, 0) is 6.42 Å². The van der Waals surface area contributed by atoms with Crippen LogP contribution in [0, 0.1) is 0 Å². The number of methoxy groups -OCH3 is 2. The molecular weight excluding hydrogens is 266 g/mol. The summed E-state index contributed by atoms with van der Waals surface area (Å²) in [5, 5.41) is 0. The zero-order valence-electron chi connectivity index (χ0n) is 13.1. The van der Waals surface area contributed by atoms with E-state index in [0.717, 1.165) is 25.1 Å². The molecule has 1 aromatic rings. The number of carbonyl (C=O) groups is 1. The summed E-state index contributed by atoms with van der Waals surface area (Å²) in [5.74, 6) is 1.48. The van der Waals surface area contributed by atoms with Gasteiger partial charge in [-0.3, -0.25) is 9.69 Å². The van der Waals surface area contributed by atoms with Gasteiger partial charge in [-0.05, 0) is 36.6 Å². The summed E-state index contributed by atoms with van der Waals surface area (Å²) in [6.45, 7) is 4.30. The topological polar surface area (TPSA) is 38.8 Å². The second-order valence-electron chi connectivity index (χ2n) is 5.84. The lowest BCUT2D eigenvalue weighted by Crippen LogP contribution is -2.35. The zero-order chi connectivity index (χ0) is 15.0. The second-order valence-corrected chi connectivity index (χ2v) is 5.84. The van der Waals surface area contributed by atoms with Gasteiger partial charge in [-0.25, -0.2) is 0 Å². The Balaban J connectivity index is 2.07. The quantitative estimate of drug-likeness (QED) is 0.835. The van der Waals surface area contributed by atoms with Gasteiger partial charge in [0.2, 0.25) is 0 Å². The number of unbranched alkanes of at least 4 members (excludes halogenated alkanes) is 1. The highest BCUT2D eigenvalue weighted by Crippen LogP contribution is 2.48. The first-order valence-corrected chi connectivity index (χ1v) is 7.76. The monoisotopic (exact) mass is 289 g/mol. The van der Waals surface area contributed by atoms with Gasteiger partial charge in [-0.2, -0.15) is 0 Å². The lowest BCUT2D eigenvalue weighted by atomic mass is 9.92. The summed E-state index contributed by atoms with van der Waals surface area (Å²) < 4.78 is 10.9. The molecule has 0 spiro atoms. The van der Waals surface area contributed by atoms with Crippen LogP contribution < -0.4 is 9.47 Å². The summed E-state index contributed by atoms with van der Waals surface area (Å²) in [6, 6.07) is 2.29. The van der Waals surface area contributed by atoms with Crippen molar-refractivity contribution in [1.29, 1.82) is 0 Å². The van der Waals surface area contributed by atoms with Gasteiger partial charge in [0.1, 0.15) is 0 Å². The molecule has 0 bridgehead atoms. The predicted octanol–water partition coefficient (Wildman–Crippen LogP) is 2.99. The molecular formula is C17H23NO3. The van der Waals surface area contributed by atoms with E-state index in [0.29, 0.717) is 17.9 Å². The highest BCUT2D eigenvalue weighted by atomic mass is 16.5. The normalized spacial score (nSPS) is 20.5. The fourth-order valence-electron chi connectivity index (χ4n) is 3.67. The molecule has 4 nitrogen and oxygen atoms in total. The molecule has 21 heavy (non-hydrogen) atoms. The lowest BCUT2D eigenvalue weighted by molar-refractivity contribution is 0.0946. The Bertz CT molecular complexity index is 568. The molecule has 2 aliphatic rings. The number of hydrogen-bond donors (Lipinski definition) is 0. The molecule has 0 radical (unpaired) electrons. The minimum absolute atomic E-state index is 0.190. The molecule has 0 saturated carbocycles. The molecule has 114 valence electrons. The first-order chi connectivity index (χ1) is 10.2. The zero-order valence-corrected chi connectivity index (χ0v) is 13.1. The SMILES string of the molecule is CCCCN1CCc2cc(OC)c(OC)c3c2C1CC3=O. The lowest BCUT2D eigenvalue weighted by Gasteiger charge is -2.35. The van der Waals surface area contributed by atoms with E-state index in [1.54, 1.807) is 14.2 Å². The molecule has 4 heteroatoms. The third kappa shape index (κ3) is 2.22. The van der Waals surface area contributed by atoms with Crippen molar-refractivity contribution in [2.45, 2.75) is 38.6 Å². The molecule has 1 heterocycles. The van der Waals surface area contributed by atoms with Gasteiger partial charge >= 0.3 is 0 Å². The standard InChI is InChI=1S/C17H23NO3/c1-4-5-7-18-8-6-11-9-14(20-2)17(21-3)16-13(19)10-12(18)15(11)16/h9,12H,4-8,10H2,1-3H3. The van der Waals surface area contributed by atoms with E-state index in [2.05, 4.69) is 17.9 Å². The van der Waals surface area contributed by atoms with Crippen molar-refractivity contribution >= 4 is 5.78 Å². The third-order valence-corrected chi connectivity index (χ3v) is 4.69. The molecule has 3 rings (SSSR count). The molecule has 0 amide bonds. The summed E-state index contributed by atoms with van der Waals surface area (Å²) in [4.78, 5) is 15.0. The second kappa shape index (κ2) is 5.68. The molecule has 1 aliphatic carbocycles. The first-order valence-electron chi connectivity index (χ1n) is 7.76. The smallest absolute Gasteiger partial charge is 0.171 e. The van der Waals surface area contributed by atoms with E-state index in [4.69, 9.17) is 9.47 Å². The maximum absolute atomic E-state index is 12.5. The van der Waals surface area contributed by atoms with Crippen molar-refractivity contribution in [3.63, 3.8) is 0 Å². The largest absolute Gasteiger partial charge is 0.493 e. The molecule has 0 saturated heterocycles. The highest BCUT2D eigenvalue weighted by molar-refractivity contribution is 6.05. The fourth-order valence-corrected chi connectivity index (χ4v) is 3.67. The van der Waals surface area contributed by atoms with Crippen molar-refractivity contribution in [1.82, 2.24) is 4.90 Å². The Kier molecular flexibility index (Phi) is 3.89. The van der Waals surface area contributed by atoms with Gasteiger partial charge in [0.05, 0.1) is 19.8 Å². The molecule has 0 N–H and O–H groups in total. The van der Waals surface area contributed by atoms with Gasteiger partial charge in [0.15, 0.2) is 17.3 Å². The number of Topliss-reactive ketones (excluding diaryl/α,β-unsaturated/α-hetero) is 1. The van der Waals surface area contributed by atoms with Crippen LogP contribution in [0.2, 0.25) is 0 Å². The molecule has 1 aliphatic heterocycles. The molecule has 1 unspecified atom stereocenters. The predicted molar refractivity (Wildman–Crippen MR) is 81.4 cm³/mol. The summed E-state index contributed by atoms with van der Waals surface area (Å²) >= 11 is 0. The number of nitrogens with zero attached hydrogens (tertiary/aromatic N) is 1. The van der Waals surface area contributed by atoms with E-state index < -0.39 is 0 Å². The average molecular weight is 289 g/mol. The Hall–Kier alpha value is -1.55. The number of benzene rings is 1. The number of carbonyl (C=O) groups excluding carboxylic acids is 1. The highest BCUT2D eigenvalue weighted by Gasteiger charge is 2.41. The van der Waals surface area contributed by atoms with Crippen LogP contribution in [0.15, 0.2) is 6.07 Å². The van der Waals surface area contributed by atoms with Crippen molar-refractivity contribution < 1.29 is 14.3 Å². The van der Waals surface area contributed by atoms with E-state index >= 15 is 0 Å². The summed E-state index contributed by atoms with van der Waals surface area (Å²) in [6.07, 6.45) is 3.93. The fraction of sp³-hybridized carbons (Fsp3) is 0.588. The van der Waals surface area contributed by atoms with Crippen molar-refractivity contribution in [2.75, 3.05) is 27.3 Å². The van der Waals surface area contributed by atoms with Crippen LogP contribution in [0.25, 0.3) is 0 Å². The maximum Gasteiger partial charge on any atom is 0.171 e. The summed E-state index contributed by atoms with van der Waals surface area (Å²) in [5.41, 5.74) is 3.21. The van der Waals surface area contributed by atoms with Gasteiger partial charge in [0, 0.05) is 19.0 Å². The van der Waals surface area contributed by atoms with Gasteiger partial charge < -0.3 is 9.47 Å². The average Bonchev–Trinajstić information content (AvgIpc) is 2.85. The molecule has 0 fully saturated rings. The van der Waals surface area contributed by atoms with E-state index in [1.165, 1.54) is 24.0 Å². The molecule has 0 aromatic heterocycles. The Morgan fingerprint density at radius 2 is 2.14 bits per heavy atom. The van der Waals surface area contributed by atoms with Crippen molar-refractivity contribution in [3.05, 3.63) is 22.8 Å². The Morgan fingerprint density at radius 3 is 2.81 bits per heavy atom. The van der Waals surface area contributed by atoms with Crippen molar-refractivity contribution in [3.8, 4) is 11.5 Å². The van der Waals surface area contributed by atoms with Gasteiger partial charge in [-0.15, -0.1) is 0 Å². The van der Waals surface area contributed by atoms with Crippen molar-refractivity contribution in [2.24, 2.45) is 0 Å². The van der Waals surface area contributed by atoms with Gasteiger partial charge in [-0.1, -0.05) is 13.3 Å². The third-order valence-electron chi connectivity index (χ3n) is 4.69. The van der Waals surface area contributed by atoms with E-state index in [-0.39, 0.29) is 11.8 Å². The van der Waals surface area contributed by atoms with E-state index in [1.807, 2.05) is 0 Å². The van der Waals surface area contributed by atoms with Crippen LogP contribution in [-0.4, -0.2) is 38.0 Å². The van der Waals surface area contributed by atoms with Crippen LogP contribution in [0.4, 0.5) is 0 Å². The number of ketones is 1. The number of rotatable bonds is 5. The minimum Gasteiger partial charge on any atom is -0.493 e. The van der Waals surface area contributed by atoms with Gasteiger partial charge in [0.25, 0.3) is 0 Å². The summed E-state index contributed by atoms with van der Waals surface area (Å²) in [7, 11) is 3.24. The first kappa shape index (κ1) is 14.4. The van der Waals surface area contributed by atoms with Crippen LogP contribution in [0.1, 0.15) is 53.7 Å². The minimum atomic E-state index is 0.190. The number of hydrogen-bond acceptors (Lipinski definition) is 4. The molecule has 1 aromatic carbocycles. The molecule has 1 atom stereocenters. The Morgan fingerprint density at radius 1 is 1.33 bits per heavy atom. The Labute approximate surface area is 126 Å². The van der Waals surface area contributed by atoms with Crippen LogP contribution >= 0.6 is 0 Å². The van der Waals surface area contributed by atoms with E-state index in [9.17, 15) is 4.79 Å². The van der Waals surface area contributed by atoms with Crippen LogP contribution in [0.5, 0.6) is 11.5 Å². The number of ether oxygens (including phenoxy) is 2. The maximum atomic E-state index is 12.5.